The van der Waals surface area contributed by atoms with Gasteiger partial charge in [0.05, 0.1) is 6.61 Å². The second-order valence-corrected chi connectivity index (χ2v) is 4.71. The first-order chi connectivity index (χ1) is 8.24. The van der Waals surface area contributed by atoms with Crippen LogP contribution in [0.3, 0.4) is 0 Å². The Morgan fingerprint density at radius 1 is 1.18 bits per heavy atom. The lowest BCUT2D eigenvalue weighted by Crippen LogP contribution is -2.07. The summed E-state index contributed by atoms with van der Waals surface area (Å²) in [5, 5.41) is 3.92. The first kappa shape index (κ1) is 14.3. The van der Waals surface area contributed by atoms with E-state index in [9.17, 15) is 0 Å². The first-order valence-corrected chi connectivity index (χ1v) is 6.65. The highest BCUT2D eigenvalue weighted by molar-refractivity contribution is 6.30. The van der Waals surface area contributed by atoms with Crippen molar-refractivity contribution in [2.45, 2.75) is 32.6 Å². The molecule has 96 valence electrons. The molecule has 0 saturated carbocycles. The van der Waals surface area contributed by atoms with E-state index < -0.39 is 0 Å². The van der Waals surface area contributed by atoms with Crippen LogP contribution in [0.25, 0.3) is 0 Å². The smallest absolute Gasteiger partial charge is 0.122 e. The topological polar surface area (TPSA) is 21.3 Å². The monoisotopic (exact) mass is 255 g/mol. The van der Waals surface area contributed by atoms with Crippen LogP contribution in [0.5, 0.6) is 5.75 Å². The Morgan fingerprint density at radius 3 is 2.65 bits per heavy atom. The number of nitrogens with one attached hydrogen (secondary N) is 1. The Morgan fingerprint density at radius 2 is 1.94 bits per heavy atom. The van der Waals surface area contributed by atoms with Crippen molar-refractivity contribution >= 4 is 11.6 Å². The van der Waals surface area contributed by atoms with Crippen LogP contribution in [0.2, 0.25) is 5.02 Å². The van der Waals surface area contributed by atoms with E-state index in [1.807, 2.05) is 32.2 Å². The molecule has 1 aromatic carbocycles. The molecule has 17 heavy (non-hydrogen) atoms. The van der Waals surface area contributed by atoms with Gasteiger partial charge < -0.3 is 10.1 Å². The fraction of sp³-hybridized carbons (Fsp3) is 0.571. The maximum atomic E-state index is 5.89. The highest BCUT2D eigenvalue weighted by Gasteiger charge is 1.99. The van der Waals surface area contributed by atoms with Gasteiger partial charge in [-0.3, -0.25) is 0 Å². The number of hydrogen-bond acceptors (Lipinski definition) is 2. The summed E-state index contributed by atoms with van der Waals surface area (Å²) in [4.78, 5) is 0. The van der Waals surface area contributed by atoms with Gasteiger partial charge in [-0.15, -0.1) is 0 Å². The summed E-state index contributed by atoms with van der Waals surface area (Å²) < 4.78 is 5.72. The number of halogens is 1. The van der Waals surface area contributed by atoms with E-state index in [0.717, 1.165) is 35.9 Å². The lowest BCUT2D eigenvalue weighted by atomic mass is 10.2. The van der Waals surface area contributed by atoms with Crippen LogP contribution in [-0.4, -0.2) is 20.2 Å². The van der Waals surface area contributed by atoms with Gasteiger partial charge in [-0.2, -0.15) is 0 Å². The van der Waals surface area contributed by atoms with E-state index in [1.54, 1.807) is 0 Å². The minimum atomic E-state index is 0.766. The zero-order valence-electron chi connectivity index (χ0n) is 10.8. The maximum Gasteiger partial charge on any atom is 0.122 e. The number of aryl methyl sites for hydroxylation is 1. The molecule has 0 bridgehead atoms. The molecule has 0 fully saturated rings. The molecule has 0 aliphatic heterocycles. The van der Waals surface area contributed by atoms with Crippen LogP contribution in [0.15, 0.2) is 18.2 Å². The Labute approximate surface area is 109 Å². The molecule has 0 aromatic heterocycles. The first-order valence-electron chi connectivity index (χ1n) is 6.27. The van der Waals surface area contributed by atoms with Crippen molar-refractivity contribution in [1.82, 2.24) is 5.32 Å². The summed E-state index contributed by atoms with van der Waals surface area (Å²) in [6, 6.07) is 5.75. The Bertz CT molecular complexity index is 328. The van der Waals surface area contributed by atoms with Crippen LogP contribution in [-0.2, 0) is 0 Å². The average Bonchev–Trinajstić information content (AvgIpc) is 2.30. The van der Waals surface area contributed by atoms with Gasteiger partial charge in [0, 0.05) is 5.02 Å². The number of unbranched alkanes of at least 4 members (excludes halogenated alkanes) is 3. The molecule has 0 heterocycles. The molecule has 0 aliphatic rings. The van der Waals surface area contributed by atoms with Crippen molar-refractivity contribution in [3.63, 3.8) is 0 Å². The Kier molecular flexibility index (Phi) is 7.06. The van der Waals surface area contributed by atoms with Gasteiger partial charge in [0.25, 0.3) is 0 Å². The molecule has 1 rings (SSSR count). The van der Waals surface area contributed by atoms with E-state index >= 15 is 0 Å². The van der Waals surface area contributed by atoms with Gasteiger partial charge in [-0.05, 0) is 57.1 Å². The molecule has 1 aromatic rings. The van der Waals surface area contributed by atoms with Crippen molar-refractivity contribution in [3.05, 3.63) is 28.8 Å². The SMILES string of the molecule is CNCCCCCCOc1ccc(Cl)cc1C. The summed E-state index contributed by atoms with van der Waals surface area (Å²) >= 11 is 5.89. The summed E-state index contributed by atoms with van der Waals surface area (Å²) in [6.07, 6.45) is 4.86. The fourth-order valence-corrected chi connectivity index (χ4v) is 1.94. The molecule has 0 spiro atoms. The third-order valence-electron chi connectivity index (χ3n) is 2.72. The van der Waals surface area contributed by atoms with Crippen LogP contribution in [0, 0.1) is 6.92 Å². The maximum absolute atomic E-state index is 5.89. The van der Waals surface area contributed by atoms with Gasteiger partial charge in [0.2, 0.25) is 0 Å². The predicted molar refractivity (Wildman–Crippen MR) is 74.1 cm³/mol. The van der Waals surface area contributed by atoms with Gasteiger partial charge in [-0.1, -0.05) is 24.4 Å². The van der Waals surface area contributed by atoms with E-state index in [1.165, 1.54) is 19.3 Å². The third kappa shape index (κ3) is 5.94. The number of benzene rings is 1. The number of hydrogen-bond donors (Lipinski definition) is 1. The van der Waals surface area contributed by atoms with Crippen LogP contribution < -0.4 is 10.1 Å². The summed E-state index contributed by atoms with van der Waals surface area (Å²) in [6.45, 7) is 3.92. The number of ether oxygens (including phenoxy) is 1. The molecular formula is C14H22ClNO. The largest absolute Gasteiger partial charge is 0.493 e. The van der Waals surface area contributed by atoms with Crippen molar-refractivity contribution in [2.24, 2.45) is 0 Å². The van der Waals surface area contributed by atoms with Gasteiger partial charge in [0.15, 0.2) is 0 Å². The molecule has 0 saturated heterocycles. The second-order valence-electron chi connectivity index (χ2n) is 4.28. The van der Waals surface area contributed by atoms with Crippen molar-refractivity contribution < 1.29 is 4.74 Å². The summed E-state index contributed by atoms with van der Waals surface area (Å²) in [5.74, 6) is 0.949. The van der Waals surface area contributed by atoms with Crippen molar-refractivity contribution in [2.75, 3.05) is 20.2 Å². The number of rotatable bonds is 8. The van der Waals surface area contributed by atoms with E-state index in [4.69, 9.17) is 16.3 Å². The zero-order valence-corrected chi connectivity index (χ0v) is 11.5. The zero-order chi connectivity index (χ0) is 12.5. The van der Waals surface area contributed by atoms with Crippen molar-refractivity contribution in [1.29, 1.82) is 0 Å². The molecule has 0 aliphatic carbocycles. The highest BCUT2D eigenvalue weighted by Crippen LogP contribution is 2.21. The molecule has 0 atom stereocenters. The molecular weight excluding hydrogens is 234 g/mol. The lowest BCUT2D eigenvalue weighted by Gasteiger charge is -2.09. The quantitative estimate of drug-likeness (QED) is 0.714. The van der Waals surface area contributed by atoms with Gasteiger partial charge in [0.1, 0.15) is 5.75 Å². The molecule has 2 nitrogen and oxygen atoms in total. The highest BCUT2D eigenvalue weighted by atomic mass is 35.5. The van der Waals surface area contributed by atoms with E-state index in [-0.39, 0.29) is 0 Å². The molecule has 0 radical (unpaired) electrons. The van der Waals surface area contributed by atoms with Crippen LogP contribution in [0.4, 0.5) is 0 Å². The lowest BCUT2D eigenvalue weighted by molar-refractivity contribution is 0.302. The van der Waals surface area contributed by atoms with Crippen LogP contribution in [0.1, 0.15) is 31.2 Å². The van der Waals surface area contributed by atoms with E-state index in [2.05, 4.69) is 5.32 Å². The fourth-order valence-electron chi connectivity index (χ4n) is 1.71. The van der Waals surface area contributed by atoms with Crippen molar-refractivity contribution in [3.8, 4) is 5.75 Å². The van der Waals surface area contributed by atoms with Crippen LogP contribution >= 0.6 is 11.6 Å². The Balaban J connectivity index is 2.14. The van der Waals surface area contributed by atoms with Gasteiger partial charge >= 0.3 is 0 Å². The summed E-state index contributed by atoms with van der Waals surface area (Å²) in [7, 11) is 1.99. The minimum Gasteiger partial charge on any atom is -0.493 e. The second kappa shape index (κ2) is 8.37. The minimum absolute atomic E-state index is 0.766. The molecule has 0 amide bonds. The standard InChI is InChI=1S/C14H22ClNO/c1-12-11-13(15)7-8-14(12)17-10-6-4-3-5-9-16-2/h7-8,11,16H,3-6,9-10H2,1-2H3. The molecule has 1 N–H and O–H groups in total. The van der Waals surface area contributed by atoms with Gasteiger partial charge in [-0.25, -0.2) is 0 Å². The molecule has 0 unspecified atom stereocenters. The van der Waals surface area contributed by atoms with E-state index in [0.29, 0.717) is 0 Å². The molecule has 3 heteroatoms. The predicted octanol–water partition coefficient (Wildman–Crippen LogP) is 3.81. The average molecular weight is 256 g/mol. The Hall–Kier alpha value is -0.730. The summed E-state index contributed by atoms with van der Waals surface area (Å²) in [5.41, 5.74) is 1.10. The normalized spacial score (nSPS) is 10.5. The third-order valence-corrected chi connectivity index (χ3v) is 2.95.